The van der Waals surface area contributed by atoms with Crippen LogP contribution in [-0.2, 0) is 0 Å². The first-order valence-electron chi connectivity index (χ1n) is 5.80. The van der Waals surface area contributed by atoms with Crippen LogP contribution in [0.2, 0.25) is 0 Å². The molecule has 3 N–H and O–H groups in total. The van der Waals surface area contributed by atoms with Gasteiger partial charge >= 0.3 is 0 Å². The topological polar surface area (TPSA) is 44.3 Å². The lowest BCUT2D eigenvalue weighted by atomic mass is 9.82. The molecule has 0 spiro atoms. The maximum Gasteiger partial charge on any atom is 0.0546 e. The largest absolute Gasteiger partial charge is 0.393 e. The number of aliphatic hydroxyl groups is 1. The van der Waals surface area contributed by atoms with Gasteiger partial charge in [0.25, 0.3) is 0 Å². The Morgan fingerprint density at radius 2 is 2.00 bits per heavy atom. The van der Waals surface area contributed by atoms with Crippen LogP contribution in [0.1, 0.15) is 33.1 Å². The van der Waals surface area contributed by atoms with Crippen LogP contribution in [-0.4, -0.2) is 36.9 Å². The minimum atomic E-state index is -0.00981. The summed E-state index contributed by atoms with van der Waals surface area (Å²) < 4.78 is 0. The van der Waals surface area contributed by atoms with Crippen molar-refractivity contribution in [2.75, 3.05) is 19.6 Å². The molecule has 0 atom stereocenters. The van der Waals surface area contributed by atoms with Crippen LogP contribution in [0.15, 0.2) is 0 Å². The molecule has 0 unspecified atom stereocenters. The summed E-state index contributed by atoms with van der Waals surface area (Å²) in [6.45, 7) is 7.61. The Balaban J connectivity index is 1.76. The van der Waals surface area contributed by atoms with Crippen molar-refractivity contribution in [1.29, 1.82) is 0 Å². The monoisotopic (exact) mass is 200 g/mol. The van der Waals surface area contributed by atoms with E-state index in [0.29, 0.717) is 6.04 Å². The van der Waals surface area contributed by atoms with Crippen LogP contribution in [0.5, 0.6) is 0 Å². The molecule has 0 bridgehead atoms. The van der Waals surface area contributed by atoms with Crippen LogP contribution in [0.3, 0.4) is 0 Å². The molecular formula is C11H24N2O. The first kappa shape index (κ1) is 12.0. The molecular weight excluding hydrogens is 176 g/mol. The van der Waals surface area contributed by atoms with Gasteiger partial charge in [0.05, 0.1) is 6.10 Å². The van der Waals surface area contributed by atoms with Crippen LogP contribution in [0, 0.1) is 5.92 Å². The van der Waals surface area contributed by atoms with E-state index in [4.69, 9.17) is 5.11 Å². The molecule has 3 nitrogen and oxygen atoms in total. The molecule has 14 heavy (non-hydrogen) atoms. The van der Waals surface area contributed by atoms with E-state index in [-0.39, 0.29) is 6.10 Å². The van der Waals surface area contributed by atoms with E-state index in [1.807, 2.05) is 0 Å². The average molecular weight is 200 g/mol. The normalized spacial score (nSPS) is 26.6. The molecule has 0 aromatic heterocycles. The summed E-state index contributed by atoms with van der Waals surface area (Å²) in [5.74, 6) is 0.725. The molecule has 0 heterocycles. The predicted molar refractivity (Wildman–Crippen MR) is 59.4 cm³/mol. The predicted octanol–water partition coefficient (Wildman–Crippen LogP) is 0.735. The summed E-state index contributed by atoms with van der Waals surface area (Å²) >= 11 is 0. The highest BCUT2D eigenvalue weighted by Gasteiger charge is 2.26. The molecule has 0 aromatic rings. The van der Waals surface area contributed by atoms with E-state index in [9.17, 15) is 0 Å². The van der Waals surface area contributed by atoms with Gasteiger partial charge in [-0.3, -0.25) is 0 Å². The second kappa shape index (κ2) is 6.38. The zero-order valence-electron chi connectivity index (χ0n) is 9.42. The number of rotatable bonds is 7. The van der Waals surface area contributed by atoms with Crippen LogP contribution in [0.25, 0.3) is 0 Å². The fourth-order valence-corrected chi connectivity index (χ4v) is 1.78. The molecule has 0 aromatic carbocycles. The molecule has 1 saturated carbocycles. The first-order chi connectivity index (χ1) is 6.68. The van der Waals surface area contributed by atoms with E-state index in [0.717, 1.165) is 38.4 Å². The minimum absolute atomic E-state index is 0.00981. The summed E-state index contributed by atoms with van der Waals surface area (Å²) in [6.07, 6.45) is 3.17. The molecule has 84 valence electrons. The molecule has 1 fully saturated rings. The summed E-state index contributed by atoms with van der Waals surface area (Å²) in [5.41, 5.74) is 0. The van der Waals surface area contributed by atoms with Gasteiger partial charge in [-0.1, -0.05) is 13.8 Å². The Kier molecular flexibility index (Phi) is 5.45. The van der Waals surface area contributed by atoms with Gasteiger partial charge in [0.1, 0.15) is 0 Å². The maximum absolute atomic E-state index is 9.08. The minimum Gasteiger partial charge on any atom is -0.393 e. The van der Waals surface area contributed by atoms with Crippen LogP contribution in [0.4, 0.5) is 0 Å². The highest BCUT2D eigenvalue weighted by molar-refractivity contribution is 4.79. The van der Waals surface area contributed by atoms with Crippen molar-refractivity contribution in [3.63, 3.8) is 0 Å². The SMILES string of the molecule is CC(C)NCCCNCC1CC(O)C1. The van der Waals surface area contributed by atoms with Gasteiger partial charge < -0.3 is 15.7 Å². The van der Waals surface area contributed by atoms with E-state index in [1.165, 1.54) is 6.42 Å². The molecule has 1 aliphatic carbocycles. The van der Waals surface area contributed by atoms with Gasteiger partial charge in [-0.05, 0) is 44.8 Å². The smallest absolute Gasteiger partial charge is 0.0546 e. The number of hydrogen-bond donors (Lipinski definition) is 3. The van der Waals surface area contributed by atoms with Crippen molar-refractivity contribution in [3.8, 4) is 0 Å². The van der Waals surface area contributed by atoms with Crippen LogP contribution < -0.4 is 10.6 Å². The van der Waals surface area contributed by atoms with Crippen molar-refractivity contribution in [1.82, 2.24) is 10.6 Å². The van der Waals surface area contributed by atoms with Crippen molar-refractivity contribution >= 4 is 0 Å². The Bertz CT molecular complexity index is 144. The standard InChI is InChI=1S/C11H24N2O/c1-9(2)13-5-3-4-12-8-10-6-11(14)7-10/h9-14H,3-8H2,1-2H3. The molecule has 0 aliphatic heterocycles. The lowest BCUT2D eigenvalue weighted by Crippen LogP contribution is -2.37. The number of aliphatic hydroxyl groups excluding tert-OH is 1. The zero-order valence-corrected chi connectivity index (χ0v) is 9.42. The highest BCUT2D eigenvalue weighted by Crippen LogP contribution is 2.25. The van der Waals surface area contributed by atoms with Crippen molar-refractivity contribution in [3.05, 3.63) is 0 Å². The number of hydrogen-bond acceptors (Lipinski definition) is 3. The van der Waals surface area contributed by atoms with Gasteiger partial charge in [-0.15, -0.1) is 0 Å². The average Bonchev–Trinajstić information content (AvgIpc) is 2.07. The quantitative estimate of drug-likeness (QED) is 0.531. The van der Waals surface area contributed by atoms with E-state index < -0.39 is 0 Å². The molecule has 0 saturated heterocycles. The van der Waals surface area contributed by atoms with Gasteiger partial charge in [0.2, 0.25) is 0 Å². The Hall–Kier alpha value is -0.120. The Morgan fingerprint density at radius 1 is 1.29 bits per heavy atom. The summed E-state index contributed by atoms with van der Waals surface area (Å²) in [6, 6.07) is 0.594. The lowest BCUT2D eigenvalue weighted by molar-refractivity contribution is 0.0431. The third-order valence-electron chi connectivity index (χ3n) is 2.73. The summed E-state index contributed by atoms with van der Waals surface area (Å²) in [7, 11) is 0. The second-order valence-corrected chi connectivity index (χ2v) is 4.66. The Morgan fingerprint density at radius 3 is 2.57 bits per heavy atom. The van der Waals surface area contributed by atoms with Gasteiger partial charge in [-0.2, -0.15) is 0 Å². The van der Waals surface area contributed by atoms with Crippen LogP contribution >= 0.6 is 0 Å². The second-order valence-electron chi connectivity index (χ2n) is 4.66. The third-order valence-corrected chi connectivity index (χ3v) is 2.73. The molecule has 1 rings (SSSR count). The van der Waals surface area contributed by atoms with Crippen molar-refractivity contribution < 1.29 is 5.11 Å². The Labute approximate surface area is 87.3 Å². The summed E-state index contributed by atoms with van der Waals surface area (Å²) in [5, 5.41) is 15.9. The van der Waals surface area contributed by atoms with Gasteiger partial charge in [0, 0.05) is 6.04 Å². The highest BCUT2D eigenvalue weighted by atomic mass is 16.3. The fraction of sp³-hybridized carbons (Fsp3) is 1.00. The van der Waals surface area contributed by atoms with E-state index in [1.54, 1.807) is 0 Å². The number of nitrogens with one attached hydrogen (secondary N) is 2. The maximum atomic E-state index is 9.08. The third kappa shape index (κ3) is 4.94. The fourth-order valence-electron chi connectivity index (χ4n) is 1.78. The molecule has 3 heteroatoms. The van der Waals surface area contributed by atoms with Crippen molar-refractivity contribution in [2.24, 2.45) is 5.92 Å². The molecule has 0 radical (unpaired) electrons. The lowest BCUT2D eigenvalue weighted by Gasteiger charge is -2.31. The zero-order chi connectivity index (χ0) is 10.4. The van der Waals surface area contributed by atoms with Crippen molar-refractivity contribution in [2.45, 2.75) is 45.3 Å². The van der Waals surface area contributed by atoms with E-state index in [2.05, 4.69) is 24.5 Å². The molecule has 0 amide bonds. The van der Waals surface area contributed by atoms with E-state index >= 15 is 0 Å². The first-order valence-corrected chi connectivity index (χ1v) is 5.80. The van der Waals surface area contributed by atoms with Gasteiger partial charge in [-0.25, -0.2) is 0 Å². The molecule has 1 aliphatic rings. The van der Waals surface area contributed by atoms with Gasteiger partial charge in [0.15, 0.2) is 0 Å². The summed E-state index contributed by atoms with van der Waals surface area (Å²) in [4.78, 5) is 0.